The number of fused-ring (bicyclic) bond motifs is 1. The van der Waals surface area contributed by atoms with Gasteiger partial charge in [0.2, 0.25) is 21.8 Å². The maximum absolute atomic E-state index is 13.5. The van der Waals surface area contributed by atoms with Gasteiger partial charge in [0.1, 0.15) is 0 Å². The number of nitrogens with zero attached hydrogens (tertiary/aromatic N) is 2. The first-order chi connectivity index (χ1) is 14.8. The summed E-state index contributed by atoms with van der Waals surface area (Å²) >= 11 is 0. The lowest BCUT2D eigenvalue weighted by atomic mass is 9.93. The molecule has 1 aliphatic carbocycles. The third-order valence-corrected chi connectivity index (χ3v) is 8.44. The predicted molar refractivity (Wildman–Crippen MR) is 119 cm³/mol. The monoisotopic (exact) mass is 449 g/mol. The van der Waals surface area contributed by atoms with Crippen molar-refractivity contribution < 1.29 is 17.9 Å². The summed E-state index contributed by atoms with van der Waals surface area (Å²) in [7, 11) is -3.61. The van der Waals surface area contributed by atoms with Crippen LogP contribution in [0.2, 0.25) is 0 Å². The van der Waals surface area contributed by atoms with Gasteiger partial charge in [-0.1, -0.05) is 50.8 Å². The number of rotatable bonds is 7. The standard InChI is InChI=1S/C23H35N3O4S/c1-17(2)21-22(27)26(19-7-5-4-6-8-19)23(25(21)15-16-30-23)13-14-24-31(28,29)20-11-9-18(3)10-12-20/h9-12,17,19,21,24H,4-8,13-16H2,1-3H3. The summed E-state index contributed by atoms with van der Waals surface area (Å²) < 4.78 is 34.6. The van der Waals surface area contributed by atoms with Gasteiger partial charge in [0.25, 0.3) is 0 Å². The molecule has 0 aromatic heterocycles. The van der Waals surface area contributed by atoms with E-state index in [1.54, 1.807) is 24.3 Å². The van der Waals surface area contributed by atoms with Crippen molar-refractivity contribution in [1.29, 1.82) is 0 Å². The average molecular weight is 450 g/mol. The zero-order valence-corrected chi connectivity index (χ0v) is 19.7. The van der Waals surface area contributed by atoms with E-state index in [0.29, 0.717) is 19.6 Å². The summed E-state index contributed by atoms with van der Waals surface area (Å²) in [6, 6.07) is 6.79. The van der Waals surface area contributed by atoms with Gasteiger partial charge in [-0.15, -0.1) is 0 Å². The van der Waals surface area contributed by atoms with Gasteiger partial charge < -0.3 is 4.74 Å². The molecule has 1 aromatic rings. The first-order valence-corrected chi connectivity index (χ1v) is 13.0. The smallest absolute Gasteiger partial charge is 0.243 e. The number of nitrogens with one attached hydrogen (secondary N) is 1. The van der Waals surface area contributed by atoms with Crippen molar-refractivity contribution in [2.75, 3.05) is 19.7 Å². The van der Waals surface area contributed by atoms with Crippen LogP contribution in [0.1, 0.15) is 57.9 Å². The summed E-state index contributed by atoms with van der Waals surface area (Å²) in [4.78, 5) is 18.0. The number of carbonyl (C=O) groups is 1. The lowest BCUT2D eigenvalue weighted by Gasteiger charge is -2.43. The normalized spacial score (nSPS) is 27.9. The van der Waals surface area contributed by atoms with Gasteiger partial charge in [0, 0.05) is 25.6 Å². The van der Waals surface area contributed by atoms with Crippen molar-refractivity contribution in [2.45, 2.75) is 82.1 Å². The quantitative estimate of drug-likeness (QED) is 0.693. The minimum absolute atomic E-state index is 0.142. The Labute approximate surface area is 186 Å². The molecule has 3 fully saturated rings. The molecule has 3 aliphatic rings. The highest BCUT2D eigenvalue weighted by Crippen LogP contribution is 2.45. The van der Waals surface area contributed by atoms with Crippen LogP contribution >= 0.6 is 0 Å². The van der Waals surface area contributed by atoms with E-state index in [-0.39, 0.29) is 35.3 Å². The Morgan fingerprint density at radius 3 is 2.48 bits per heavy atom. The molecule has 7 nitrogen and oxygen atoms in total. The second-order valence-electron chi connectivity index (χ2n) is 9.43. The second-order valence-corrected chi connectivity index (χ2v) is 11.2. The maximum Gasteiger partial charge on any atom is 0.243 e. The van der Waals surface area contributed by atoms with E-state index in [4.69, 9.17) is 4.74 Å². The zero-order valence-electron chi connectivity index (χ0n) is 18.8. The highest BCUT2D eigenvalue weighted by atomic mass is 32.2. The number of benzene rings is 1. The van der Waals surface area contributed by atoms with E-state index in [0.717, 1.165) is 31.2 Å². The van der Waals surface area contributed by atoms with Crippen LogP contribution in [0.15, 0.2) is 29.2 Å². The molecular weight excluding hydrogens is 414 g/mol. The van der Waals surface area contributed by atoms with E-state index in [9.17, 15) is 13.2 Å². The van der Waals surface area contributed by atoms with Gasteiger partial charge in [-0.3, -0.25) is 9.69 Å². The molecule has 2 heterocycles. The molecule has 0 radical (unpaired) electrons. The predicted octanol–water partition coefficient (Wildman–Crippen LogP) is 2.85. The number of hydrogen-bond acceptors (Lipinski definition) is 5. The van der Waals surface area contributed by atoms with Crippen LogP contribution in [0.3, 0.4) is 0 Å². The third-order valence-electron chi connectivity index (χ3n) is 6.96. The zero-order chi connectivity index (χ0) is 22.2. The van der Waals surface area contributed by atoms with E-state index < -0.39 is 15.9 Å². The Hall–Kier alpha value is -1.48. The summed E-state index contributed by atoms with van der Waals surface area (Å²) in [6.07, 6.45) is 5.85. The van der Waals surface area contributed by atoms with Gasteiger partial charge in [-0.05, 0) is 37.8 Å². The lowest BCUT2D eigenvalue weighted by Crippen LogP contribution is -2.57. The minimum Gasteiger partial charge on any atom is -0.341 e. The van der Waals surface area contributed by atoms with Crippen molar-refractivity contribution in [1.82, 2.24) is 14.5 Å². The molecule has 2 saturated heterocycles. The molecule has 31 heavy (non-hydrogen) atoms. The minimum atomic E-state index is -3.61. The third kappa shape index (κ3) is 4.15. The SMILES string of the molecule is Cc1ccc(S(=O)(=O)NCCC23OCCN2C(C(C)C)C(=O)N3C2CCCCC2)cc1. The highest BCUT2D eigenvalue weighted by molar-refractivity contribution is 7.89. The molecule has 2 aliphatic heterocycles. The van der Waals surface area contributed by atoms with Crippen LogP contribution in [0.25, 0.3) is 0 Å². The molecular formula is C23H35N3O4S. The number of aryl methyl sites for hydroxylation is 1. The topological polar surface area (TPSA) is 79.0 Å². The number of amides is 1. The Kier molecular flexibility index (Phi) is 6.45. The van der Waals surface area contributed by atoms with E-state index in [1.165, 1.54) is 6.42 Å². The molecule has 2 unspecified atom stereocenters. The molecule has 172 valence electrons. The Morgan fingerprint density at radius 1 is 1.16 bits per heavy atom. The molecule has 4 rings (SSSR count). The summed E-state index contributed by atoms with van der Waals surface area (Å²) in [6.45, 7) is 7.56. The van der Waals surface area contributed by atoms with E-state index in [1.807, 2.05) is 11.8 Å². The highest BCUT2D eigenvalue weighted by Gasteiger charge is 2.62. The summed E-state index contributed by atoms with van der Waals surface area (Å²) in [5.41, 5.74) is 1.01. The molecule has 8 heteroatoms. The van der Waals surface area contributed by atoms with Gasteiger partial charge >= 0.3 is 0 Å². The fourth-order valence-corrected chi connectivity index (χ4v) is 6.54. The van der Waals surface area contributed by atoms with E-state index in [2.05, 4.69) is 23.5 Å². The van der Waals surface area contributed by atoms with Crippen LogP contribution in [-0.2, 0) is 19.6 Å². The van der Waals surface area contributed by atoms with Crippen LogP contribution in [-0.4, -0.2) is 61.8 Å². The first kappa shape index (κ1) is 22.7. The van der Waals surface area contributed by atoms with Crippen molar-refractivity contribution in [3.05, 3.63) is 29.8 Å². The molecule has 0 spiro atoms. The number of ether oxygens (including phenoxy) is 1. The average Bonchev–Trinajstić information content (AvgIpc) is 3.22. The Balaban J connectivity index is 1.56. The Morgan fingerprint density at radius 2 is 1.84 bits per heavy atom. The van der Waals surface area contributed by atoms with Crippen molar-refractivity contribution in [2.24, 2.45) is 5.92 Å². The second kappa shape index (κ2) is 8.81. The van der Waals surface area contributed by atoms with Gasteiger partial charge in [0.15, 0.2) is 0 Å². The van der Waals surface area contributed by atoms with Gasteiger partial charge in [0.05, 0.1) is 17.5 Å². The van der Waals surface area contributed by atoms with Crippen LogP contribution in [0.4, 0.5) is 0 Å². The summed E-state index contributed by atoms with van der Waals surface area (Å²) in [5, 5.41) is 0. The maximum atomic E-state index is 13.5. The number of hydrogen-bond donors (Lipinski definition) is 1. The molecule has 1 saturated carbocycles. The molecule has 1 aromatic carbocycles. The Bertz CT molecular complexity index is 896. The fourth-order valence-electron chi connectivity index (χ4n) is 5.51. The number of carbonyl (C=O) groups excluding carboxylic acids is 1. The fraction of sp³-hybridized carbons (Fsp3) is 0.696. The number of sulfonamides is 1. The molecule has 1 amide bonds. The van der Waals surface area contributed by atoms with Gasteiger partial charge in [-0.25, -0.2) is 18.0 Å². The molecule has 1 N–H and O–H groups in total. The summed E-state index contributed by atoms with van der Waals surface area (Å²) in [5.74, 6) is -0.529. The van der Waals surface area contributed by atoms with E-state index >= 15 is 0 Å². The van der Waals surface area contributed by atoms with Crippen LogP contribution < -0.4 is 4.72 Å². The van der Waals surface area contributed by atoms with Crippen LogP contribution in [0.5, 0.6) is 0 Å². The van der Waals surface area contributed by atoms with Gasteiger partial charge in [-0.2, -0.15) is 0 Å². The largest absolute Gasteiger partial charge is 0.341 e. The van der Waals surface area contributed by atoms with Crippen molar-refractivity contribution in [3.8, 4) is 0 Å². The lowest BCUT2D eigenvalue weighted by molar-refractivity contribution is -0.186. The van der Waals surface area contributed by atoms with Crippen molar-refractivity contribution in [3.63, 3.8) is 0 Å². The van der Waals surface area contributed by atoms with Crippen LogP contribution in [0, 0.1) is 12.8 Å². The molecule has 2 atom stereocenters. The van der Waals surface area contributed by atoms with Crippen molar-refractivity contribution >= 4 is 15.9 Å². The first-order valence-electron chi connectivity index (χ1n) is 11.6. The molecule has 0 bridgehead atoms.